The molecule has 0 heterocycles. The molecule has 0 spiro atoms. The van der Waals surface area contributed by atoms with E-state index in [-0.39, 0.29) is 0 Å². The van der Waals surface area contributed by atoms with Gasteiger partial charge in [0.1, 0.15) is 0 Å². The highest BCUT2D eigenvalue weighted by atomic mass is 79.9. The van der Waals surface area contributed by atoms with Crippen molar-refractivity contribution in [1.29, 1.82) is 0 Å². The Kier molecular flexibility index (Phi) is 4.14. The topological polar surface area (TPSA) is 12.0 Å². The van der Waals surface area contributed by atoms with Crippen molar-refractivity contribution in [3.05, 3.63) is 33.8 Å². The molecule has 1 atom stereocenters. The highest BCUT2D eigenvalue weighted by Crippen LogP contribution is 2.25. The van der Waals surface area contributed by atoms with Gasteiger partial charge in [-0.2, -0.15) is 0 Å². The van der Waals surface area contributed by atoms with E-state index < -0.39 is 0 Å². The molecule has 0 aliphatic carbocycles. The van der Waals surface area contributed by atoms with Gasteiger partial charge >= 0.3 is 0 Å². The first-order chi connectivity index (χ1) is 6.54. The minimum atomic E-state index is 0.436. The number of halogens is 1. The maximum absolute atomic E-state index is 3.53. The maximum Gasteiger partial charge on any atom is 0.0341 e. The smallest absolute Gasteiger partial charge is 0.0341 e. The van der Waals surface area contributed by atoms with Crippen LogP contribution in [0.1, 0.15) is 31.0 Å². The fourth-order valence-corrected chi connectivity index (χ4v) is 2.45. The van der Waals surface area contributed by atoms with Crippen molar-refractivity contribution in [2.45, 2.75) is 26.8 Å². The lowest BCUT2D eigenvalue weighted by molar-refractivity contribution is 0.443. The summed E-state index contributed by atoms with van der Waals surface area (Å²) in [7, 11) is 2.01. The number of hydrogen-bond donors (Lipinski definition) is 1. The average molecular weight is 256 g/mol. The summed E-state index contributed by atoms with van der Waals surface area (Å²) in [5.41, 5.74) is 2.66. The quantitative estimate of drug-likeness (QED) is 0.870. The second kappa shape index (κ2) is 4.94. The lowest BCUT2D eigenvalue weighted by Crippen LogP contribution is -2.21. The third-order valence-corrected chi connectivity index (χ3v) is 2.86. The number of hydrogen-bond acceptors (Lipinski definition) is 1. The van der Waals surface area contributed by atoms with Gasteiger partial charge in [0.2, 0.25) is 0 Å². The molecular weight excluding hydrogens is 238 g/mol. The van der Waals surface area contributed by atoms with Gasteiger partial charge in [-0.05, 0) is 43.1 Å². The van der Waals surface area contributed by atoms with Crippen LogP contribution in [-0.2, 0) is 0 Å². The van der Waals surface area contributed by atoms with Gasteiger partial charge in [0, 0.05) is 10.5 Å². The molecule has 1 aromatic carbocycles. The fourth-order valence-electron chi connectivity index (χ4n) is 1.83. The van der Waals surface area contributed by atoms with E-state index in [1.54, 1.807) is 0 Å². The molecule has 1 unspecified atom stereocenters. The standard InChI is InChI=1S/C12H18BrN/c1-8(2)12(14-4)10-5-9(3)6-11(13)7-10/h5-8,12,14H,1-4H3. The molecule has 0 radical (unpaired) electrons. The third-order valence-electron chi connectivity index (χ3n) is 2.40. The largest absolute Gasteiger partial charge is 0.313 e. The van der Waals surface area contributed by atoms with Crippen LogP contribution >= 0.6 is 15.9 Å². The molecule has 0 saturated heterocycles. The van der Waals surface area contributed by atoms with Crippen LogP contribution in [0, 0.1) is 12.8 Å². The van der Waals surface area contributed by atoms with Crippen LogP contribution in [0.15, 0.2) is 22.7 Å². The highest BCUT2D eigenvalue weighted by molar-refractivity contribution is 9.10. The first-order valence-corrected chi connectivity index (χ1v) is 5.78. The van der Waals surface area contributed by atoms with Gasteiger partial charge < -0.3 is 5.32 Å². The minimum Gasteiger partial charge on any atom is -0.313 e. The molecule has 0 aliphatic heterocycles. The average Bonchev–Trinajstić information content (AvgIpc) is 2.02. The number of rotatable bonds is 3. The Hall–Kier alpha value is -0.340. The molecule has 1 rings (SSSR count). The Morgan fingerprint density at radius 2 is 1.86 bits per heavy atom. The number of aryl methyl sites for hydroxylation is 1. The van der Waals surface area contributed by atoms with Crippen molar-refractivity contribution in [1.82, 2.24) is 5.32 Å². The van der Waals surface area contributed by atoms with Crippen molar-refractivity contribution in [2.75, 3.05) is 7.05 Å². The van der Waals surface area contributed by atoms with Crippen LogP contribution in [0.25, 0.3) is 0 Å². The van der Waals surface area contributed by atoms with Gasteiger partial charge in [-0.15, -0.1) is 0 Å². The Labute approximate surface area is 95.0 Å². The van der Waals surface area contributed by atoms with Gasteiger partial charge in [-0.3, -0.25) is 0 Å². The van der Waals surface area contributed by atoms with Gasteiger partial charge in [0.15, 0.2) is 0 Å². The van der Waals surface area contributed by atoms with Crippen LogP contribution in [0.5, 0.6) is 0 Å². The Balaban J connectivity index is 3.04. The van der Waals surface area contributed by atoms with Crippen molar-refractivity contribution >= 4 is 15.9 Å². The second-order valence-electron chi connectivity index (χ2n) is 4.07. The molecule has 0 fully saturated rings. The third kappa shape index (κ3) is 2.82. The van der Waals surface area contributed by atoms with Crippen LogP contribution in [0.4, 0.5) is 0 Å². The molecule has 2 heteroatoms. The van der Waals surface area contributed by atoms with Crippen molar-refractivity contribution < 1.29 is 0 Å². The molecule has 0 saturated carbocycles. The Morgan fingerprint density at radius 1 is 1.21 bits per heavy atom. The number of benzene rings is 1. The summed E-state index contributed by atoms with van der Waals surface area (Å²) in [4.78, 5) is 0. The molecule has 1 nitrogen and oxygen atoms in total. The first kappa shape index (κ1) is 11.7. The summed E-state index contributed by atoms with van der Waals surface area (Å²) in [5, 5.41) is 3.35. The number of nitrogens with one attached hydrogen (secondary N) is 1. The van der Waals surface area contributed by atoms with Gasteiger partial charge in [-0.1, -0.05) is 35.8 Å². The zero-order valence-corrected chi connectivity index (χ0v) is 10.9. The van der Waals surface area contributed by atoms with Gasteiger partial charge in [0.25, 0.3) is 0 Å². The summed E-state index contributed by atoms with van der Waals surface area (Å²) in [6.07, 6.45) is 0. The molecule has 14 heavy (non-hydrogen) atoms. The molecule has 0 amide bonds. The lowest BCUT2D eigenvalue weighted by Gasteiger charge is -2.21. The van der Waals surface area contributed by atoms with E-state index in [4.69, 9.17) is 0 Å². The summed E-state index contributed by atoms with van der Waals surface area (Å²) in [6.45, 7) is 6.59. The molecule has 0 bridgehead atoms. The van der Waals surface area contributed by atoms with E-state index in [9.17, 15) is 0 Å². The predicted octanol–water partition coefficient (Wildman–Crippen LogP) is 3.67. The summed E-state index contributed by atoms with van der Waals surface area (Å²) >= 11 is 3.53. The normalized spacial score (nSPS) is 13.3. The fraction of sp³-hybridized carbons (Fsp3) is 0.500. The van der Waals surface area contributed by atoms with E-state index in [0.29, 0.717) is 12.0 Å². The van der Waals surface area contributed by atoms with Crippen LogP contribution < -0.4 is 5.32 Å². The van der Waals surface area contributed by atoms with Crippen LogP contribution in [0.3, 0.4) is 0 Å². The Bertz CT molecular complexity index is 287. The van der Waals surface area contributed by atoms with Crippen LogP contribution in [0.2, 0.25) is 0 Å². The van der Waals surface area contributed by atoms with Gasteiger partial charge in [0.05, 0.1) is 0 Å². The lowest BCUT2D eigenvalue weighted by atomic mass is 9.95. The SMILES string of the molecule is CNC(c1cc(C)cc(Br)c1)C(C)C. The van der Waals surface area contributed by atoms with E-state index >= 15 is 0 Å². The van der Waals surface area contributed by atoms with E-state index in [2.05, 4.69) is 60.2 Å². The summed E-state index contributed by atoms with van der Waals surface area (Å²) < 4.78 is 1.16. The monoisotopic (exact) mass is 255 g/mol. The summed E-state index contributed by atoms with van der Waals surface area (Å²) in [6, 6.07) is 7.00. The molecule has 78 valence electrons. The summed E-state index contributed by atoms with van der Waals surface area (Å²) in [5.74, 6) is 0.605. The molecule has 1 N–H and O–H groups in total. The molecule has 1 aromatic rings. The highest BCUT2D eigenvalue weighted by Gasteiger charge is 2.13. The van der Waals surface area contributed by atoms with Crippen molar-refractivity contribution in [3.63, 3.8) is 0 Å². The maximum atomic E-state index is 3.53. The zero-order valence-electron chi connectivity index (χ0n) is 9.26. The molecular formula is C12H18BrN. The predicted molar refractivity (Wildman–Crippen MR) is 65.5 cm³/mol. The second-order valence-corrected chi connectivity index (χ2v) is 4.99. The van der Waals surface area contributed by atoms with Crippen LogP contribution in [-0.4, -0.2) is 7.05 Å². The van der Waals surface area contributed by atoms with Crippen molar-refractivity contribution in [2.24, 2.45) is 5.92 Å². The molecule has 0 aliphatic rings. The minimum absolute atomic E-state index is 0.436. The van der Waals surface area contributed by atoms with Gasteiger partial charge in [-0.25, -0.2) is 0 Å². The van der Waals surface area contributed by atoms with Crippen molar-refractivity contribution in [3.8, 4) is 0 Å². The Morgan fingerprint density at radius 3 is 2.29 bits per heavy atom. The first-order valence-electron chi connectivity index (χ1n) is 4.99. The van der Waals surface area contributed by atoms with E-state index in [1.165, 1.54) is 11.1 Å². The zero-order chi connectivity index (χ0) is 10.7. The van der Waals surface area contributed by atoms with E-state index in [0.717, 1.165) is 4.47 Å². The van der Waals surface area contributed by atoms with E-state index in [1.807, 2.05) is 7.05 Å². The molecule has 0 aromatic heterocycles.